The molecule has 2 aromatic rings. The standard InChI is InChI=1S/C23H28N2O7/c1-29-19-6-8-21(9-7-19)32-23(28)25(17-22(26)27)16-18-2-4-20(5-3-18)31-15-12-24-10-13-30-14-11-24/h2-9H,10-17H2,1H3,(H,26,27). The van der Waals surface area contributed by atoms with Crippen LogP contribution in [0.5, 0.6) is 17.2 Å². The number of rotatable bonds is 10. The van der Waals surface area contributed by atoms with Gasteiger partial charge in [0.1, 0.15) is 30.4 Å². The van der Waals surface area contributed by atoms with Crippen molar-refractivity contribution in [3.8, 4) is 17.2 Å². The minimum absolute atomic E-state index is 0.0926. The van der Waals surface area contributed by atoms with Crippen molar-refractivity contribution in [2.75, 3.05) is 53.1 Å². The summed E-state index contributed by atoms with van der Waals surface area (Å²) in [6.45, 7) is 4.34. The Morgan fingerprint density at radius 3 is 2.25 bits per heavy atom. The molecular weight excluding hydrogens is 416 g/mol. The highest BCUT2D eigenvalue weighted by Gasteiger charge is 2.20. The third-order valence-corrected chi connectivity index (χ3v) is 4.93. The van der Waals surface area contributed by atoms with Crippen LogP contribution in [0, 0.1) is 0 Å². The van der Waals surface area contributed by atoms with Crippen LogP contribution in [-0.2, 0) is 16.1 Å². The fraction of sp³-hybridized carbons (Fsp3) is 0.391. The molecule has 0 spiro atoms. The molecule has 9 heteroatoms. The molecule has 0 aromatic heterocycles. The van der Waals surface area contributed by atoms with Gasteiger partial charge < -0.3 is 24.1 Å². The fourth-order valence-electron chi connectivity index (χ4n) is 3.19. The van der Waals surface area contributed by atoms with Crippen LogP contribution in [0.2, 0.25) is 0 Å². The molecule has 9 nitrogen and oxygen atoms in total. The lowest BCUT2D eigenvalue weighted by atomic mass is 10.2. The normalized spacial score (nSPS) is 13.9. The topological polar surface area (TPSA) is 97.8 Å². The van der Waals surface area contributed by atoms with E-state index in [1.807, 2.05) is 12.1 Å². The number of hydrogen-bond acceptors (Lipinski definition) is 7. The van der Waals surface area contributed by atoms with Crippen molar-refractivity contribution < 1.29 is 33.6 Å². The van der Waals surface area contributed by atoms with E-state index in [1.165, 1.54) is 7.11 Å². The van der Waals surface area contributed by atoms with E-state index >= 15 is 0 Å². The molecule has 1 amide bonds. The van der Waals surface area contributed by atoms with Gasteiger partial charge in [-0.1, -0.05) is 12.1 Å². The van der Waals surface area contributed by atoms with E-state index in [9.17, 15) is 14.7 Å². The summed E-state index contributed by atoms with van der Waals surface area (Å²) < 4.78 is 21.5. The molecule has 3 rings (SSSR count). The highest BCUT2D eigenvalue weighted by Crippen LogP contribution is 2.19. The Balaban J connectivity index is 1.53. The van der Waals surface area contributed by atoms with E-state index in [4.69, 9.17) is 18.9 Å². The molecule has 1 N–H and O–H groups in total. The molecular formula is C23H28N2O7. The third kappa shape index (κ3) is 7.44. The second-order valence-electron chi connectivity index (χ2n) is 7.24. The number of methoxy groups -OCH3 is 1. The number of benzene rings is 2. The molecule has 0 aliphatic carbocycles. The van der Waals surface area contributed by atoms with E-state index in [1.54, 1.807) is 36.4 Å². The highest BCUT2D eigenvalue weighted by atomic mass is 16.6. The number of nitrogens with zero attached hydrogens (tertiary/aromatic N) is 2. The maximum absolute atomic E-state index is 12.5. The Kier molecular flexibility index (Phi) is 8.70. The van der Waals surface area contributed by atoms with Gasteiger partial charge in [0.25, 0.3) is 0 Å². The molecule has 1 aliphatic rings. The predicted octanol–water partition coefficient (Wildman–Crippen LogP) is 2.49. The first kappa shape index (κ1) is 23.4. The van der Waals surface area contributed by atoms with E-state index < -0.39 is 18.6 Å². The summed E-state index contributed by atoms with van der Waals surface area (Å²) in [4.78, 5) is 27.2. The summed E-state index contributed by atoms with van der Waals surface area (Å²) in [6.07, 6.45) is -0.747. The lowest BCUT2D eigenvalue weighted by Gasteiger charge is -2.26. The number of carboxylic acids is 1. The molecule has 32 heavy (non-hydrogen) atoms. The third-order valence-electron chi connectivity index (χ3n) is 4.93. The van der Waals surface area contributed by atoms with Crippen molar-refractivity contribution in [1.82, 2.24) is 9.80 Å². The van der Waals surface area contributed by atoms with Crippen LogP contribution in [0.15, 0.2) is 48.5 Å². The Morgan fingerprint density at radius 1 is 1.00 bits per heavy atom. The van der Waals surface area contributed by atoms with Gasteiger partial charge in [-0.3, -0.25) is 14.6 Å². The summed E-state index contributed by atoms with van der Waals surface area (Å²) in [5.41, 5.74) is 0.762. The van der Waals surface area contributed by atoms with E-state index in [0.29, 0.717) is 23.9 Å². The molecule has 0 unspecified atom stereocenters. The van der Waals surface area contributed by atoms with Crippen LogP contribution >= 0.6 is 0 Å². The monoisotopic (exact) mass is 444 g/mol. The van der Waals surface area contributed by atoms with E-state index in [-0.39, 0.29) is 6.54 Å². The second-order valence-corrected chi connectivity index (χ2v) is 7.24. The van der Waals surface area contributed by atoms with Crippen molar-refractivity contribution >= 4 is 12.1 Å². The number of aliphatic carboxylic acids is 1. The van der Waals surface area contributed by atoms with E-state index in [0.717, 1.165) is 43.3 Å². The molecule has 0 saturated carbocycles. The fourth-order valence-corrected chi connectivity index (χ4v) is 3.19. The van der Waals surface area contributed by atoms with Gasteiger partial charge in [-0.15, -0.1) is 0 Å². The lowest BCUT2D eigenvalue weighted by Crippen LogP contribution is -2.38. The molecule has 172 valence electrons. The minimum atomic E-state index is -1.13. The summed E-state index contributed by atoms with van der Waals surface area (Å²) >= 11 is 0. The molecule has 0 bridgehead atoms. The zero-order valence-corrected chi connectivity index (χ0v) is 18.1. The van der Waals surface area contributed by atoms with Gasteiger partial charge in [0.2, 0.25) is 0 Å². The lowest BCUT2D eigenvalue weighted by molar-refractivity contribution is -0.138. The number of amides is 1. The summed E-state index contributed by atoms with van der Waals surface area (Å²) in [5.74, 6) is 0.516. The summed E-state index contributed by atoms with van der Waals surface area (Å²) in [7, 11) is 1.54. The van der Waals surface area contributed by atoms with Crippen LogP contribution in [-0.4, -0.2) is 80.1 Å². The summed E-state index contributed by atoms with van der Waals surface area (Å²) in [5, 5.41) is 9.20. The van der Waals surface area contributed by atoms with Crippen molar-refractivity contribution in [3.63, 3.8) is 0 Å². The number of carbonyl (C=O) groups excluding carboxylic acids is 1. The smallest absolute Gasteiger partial charge is 0.416 e. The first-order chi connectivity index (χ1) is 15.5. The number of carbonyl (C=O) groups is 2. The molecule has 1 aliphatic heterocycles. The Morgan fingerprint density at radius 2 is 1.62 bits per heavy atom. The average molecular weight is 444 g/mol. The number of carboxylic acid groups (broad SMARTS) is 1. The van der Waals surface area contributed by atoms with Crippen molar-refractivity contribution in [2.45, 2.75) is 6.54 Å². The number of morpholine rings is 1. The molecule has 0 atom stereocenters. The van der Waals surface area contributed by atoms with Gasteiger partial charge in [0, 0.05) is 26.2 Å². The molecule has 1 heterocycles. The van der Waals surface area contributed by atoms with Crippen LogP contribution in [0.4, 0.5) is 4.79 Å². The van der Waals surface area contributed by atoms with Gasteiger partial charge in [-0.25, -0.2) is 4.79 Å². The predicted molar refractivity (Wildman–Crippen MR) is 116 cm³/mol. The van der Waals surface area contributed by atoms with Gasteiger partial charge in [-0.2, -0.15) is 0 Å². The Hall–Kier alpha value is -3.30. The maximum atomic E-state index is 12.5. The Labute approximate surface area is 187 Å². The van der Waals surface area contributed by atoms with Crippen LogP contribution in [0.1, 0.15) is 5.56 Å². The zero-order chi connectivity index (χ0) is 22.8. The molecule has 1 saturated heterocycles. The Bertz CT molecular complexity index is 865. The quantitative estimate of drug-likeness (QED) is 0.597. The van der Waals surface area contributed by atoms with Crippen LogP contribution in [0.3, 0.4) is 0 Å². The first-order valence-corrected chi connectivity index (χ1v) is 10.4. The molecule has 0 radical (unpaired) electrons. The zero-order valence-electron chi connectivity index (χ0n) is 18.1. The molecule has 1 fully saturated rings. The van der Waals surface area contributed by atoms with Gasteiger partial charge in [0.05, 0.1) is 20.3 Å². The second kappa shape index (κ2) is 11.9. The van der Waals surface area contributed by atoms with Crippen LogP contribution in [0.25, 0.3) is 0 Å². The number of hydrogen-bond donors (Lipinski definition) is 1. The average Bonchev–Trinajstić information content (AvgIpc) is 2.80. The number of ether oxygens (including phenoxy) is 4. The van der Waals surface area contributed by atoms with Crippen molar-refractivity contribution in [3.05, 3.63) is 54.1 Å². The highest BCUT2D eigenvalue weighted by molar-refractivity contribution is 5.78. The van der Waals surface area contributed by atoms with Gasteiger partial charge in [0.15, 0.2) is 0 Å². The van der Waals surface area contributed by atoms with Gasteiger partial charge in [-0.05, 0) is 42.0 Å². The van der Waals surface area contributed by atoms with Crippen molar-refractivity contribution in [2.24, 2.45) is 0 Å². The maximum Gasteiger partial charge on any atom is 0.416 e. The largest absolute Gasteiger partial charge is 0.497 e. The molecule has 2 aromatic carbocycles. The summed E-state index contributed by atoms with van der Waals surface area (Å²) in [6, 6.07) is 13.7. The van der Waals surface area contributed by atoms with Crippen LogP contribution < -0.4 is 14.2 Å². The SMILES string of the molecule is COc1ccc(OC(=O)N(CC(=O)O)Cc2ccc(OCCN3CCOCC3)cc2)cc1. The van der Waals surface area contributed by atoms with Gasteiger partial charge >= 0.3 is 12.1 Å². The first-order valence-electron chi connectivity index (χ1n) is 10.4. The minimum Gasteiger partial charge on any atom is -0.497 e. The van der Waals surface area contributed by atoms with E-state index in [2.05, 4.69) is 4.90 Å². The van der Waals surface area contributed by atoms with Crippen molar-refractivity contribution in [1.29, 1.82) is 0 Å².